The first kappa shape index (κ1) is 18.2. The number of ether oxygens (including phenoxy) is 2. The normalized spacial score (nSPS) is 17.2. The molecule has 0 aliphatic carbocycles. The molecule has 31 heavy (non-hydrogen) atoms. The number of rotatable bonds is 1. The van der Waals surface area contributed by atoms with Crippen molar-refractivity contribution >= 4 is 5.65 Å². The van der Waals surface area contributed by atoms with Crippen LogP contribution in [-0.4, -0.2) is 32.8 Å². The topological polar surface area (TPSA) is 61.5 Å². The van der Waals surface area contributed by atoms with Crippen LogP contribution in [0.2, 0.25) is 0 Å². The molecule has 0 unspecified atom stereocenters. The van der Waals surface area contributed by atoms with E-state index in [0.717, 1.165) is 17.0 Å². The summed E-state index contributed by atoms with van der Waals surface area (Å²) in [5, 5.41) is 8.28. The van der Waals surface area contributed by atoms with Gasteiger partial charge in [0.05, 0.1) is 31.0 Å². The Labute approximate surface area is 176 Å². The molecule has 5 heterocycles. The summed E-state index contributed by atoms with van der Waals surface area (Å²) in [5.74, 6) is 0.593. The van der Waals surface area contributed by atoms with Crippen LogP contribution in [0.15, 0.2) is 36.8 Å². The molecule has 1 aromatic carbocycles. The Kier molecular flexibility index (Phi) is 3.96. The van der Waals surface area contributed by atoms with Gasteiger partial charge in [0.25, 0.3) is 0 Å². The second-order valence-corrected chi connectivity index (χ2v) is 7.96. The zero-order valence-electron chi connectivity index (χ0n) is 16.7. The van der Waals surface area contributed by atoms with Gasteiger partial charge in [-0.1, -0.05) is 0 Å². The zero-order chi connectivity index (χ0) is 21.1. The summed E-state index contributed by atoms with van der Waals surface area (Å²) in [4.78, 5) is 4.02. The molecule has 156 valence electrons. The van der Waals surface area contributed by atoms with E-state index < -0.39 is 5.82 Å². The number of fused-ring (bicyclic) bond motifs is 3. The van der Waals surface area contributed by atoms with Crippen molar-refractivity contribution in [3.63, 3.8) is 0 Å². The summed E-state index contributed by atoms with van der Waals surface area (Å²) in [6.45, 7) is 2.59. The monoisotopic (exact) mass is 420 g/mol. The first-order valence-corrected chi connectivity index (χ1v) is 10.1. The van der Waals surface area contributed by atoms with Gasteiger partial charge in [-0.15, -0.1) is 10.2 Å². The lowest BCUT2D eigenvalue weighted by atomic mass is 9.93. The van der Waals surface area contributed by atoms with Crippen LogP contribution >= 0.6 is 0 Å². The van der Waals surface area contributed by atoms with Crippen molar-refractivity contribution in [3.05, 3.63) is 70.9 Å². The van der Waals surface area contributed by atoms with Crippen LogP contribution in [0.3, 0.4) is 0 Å². The summed E-state index contributed by atoms with van der Waals surface area (Å²) in [7, 11) is 0. The molecule has 8 heteroatoms. The molecule has 3 aromatic heterocycles. The lowest BCUT2D eigenvalue weighted by molar-refractivity contribution is 0.246. The molecule has 0 saturated carbocycles. The van der Waals surface area contributed by atoms with Gasteiger partial charge in [-0.3, -0.25) is 9.38 Å². The van der Waals surface area contributed by atoms with Gasteiger partial charge in [0.2, 0.25) is 0 Å². The van der Waals surface area contributed by atoms with Gasteiger partial charge in [0, 0.05) is 22.4 Å². The predicted octanol–water partition coefficient (Wildman–Crippen LogP) is 4.03. The van der Waals surface area contributed by atoms with E-state index in [1.165, 1.54) is 12.3 Å². The standard InChI is InChI=1S/C23H18F2N4O2/c1-12-6-15(18(25)8-26-12)16-7-21-19(29-11-27-28-23(16)29)4-2-14-17(24)3-5-20-22(14)13(9-30-20)10-31-21/h3,5-8,11,13H,2,4,9-10H2,1H3/t13-/m1/s1. The number of halogens is 2. The molecule has 4 aromatic rings. The lowest BCUT2D eigenvalue weighted by Crippen LogP contribution is -2.13. The number of benzene rings is 1. The minimum Gasteiger partial charge on any atom is -0.493 e. The van der Waals surface area contributed by atoms with Crippen molar-refractivity contribution in [2.24, 2.45) is 0 Å². The van der Waals surface area contributed by atoms with E-state index in [1.807, 2.05) is 11.3 Å². The van der Waals surface area contributed by atoms with Crippen LogP contribution in [0.1, 0.15) is 28.4 Å². The van der Waals surface area contributed by atoms with Crippen LogP contribution in [0, 0.1) is 18.6 Å². The second-order valence-electron chi connectivity index (χ2n) is 7.96. The Morgan fingerprint density at radius 1 is 1.00 bits per heavy atom. The lowest BCUT2D eigenvalue weighted by Gasteiger charge is -2.16. The number of pyridine rings is 2. The van der Waals surface area contributed by atoms with E-state index in [1.54, 1.807) is 24.5 Å². The molecule has 0 bridgehead atoms. The van der Waals surface area contributed by atoms with Gasteiger partial charge in [0.15, 0.2) is 5.65 Å². The fraction of sp³-hybridized carbons (Fsp3) is 0.261. The number of hydrogen-bond donors (Lipinski definition) is 0. The minimum atomic E-state index is -0.443. The average Bonchev–Trinajstić information content (AvgIpc) is 3.41. The van der Waals surface area contributed by atoms with Crippen LogP contribution in [0.4, 0.5) is 8.78 Å². The van der Waals surface area contributed by atoms with E-state index in [-0.39, 0.29) is 11.7 Å². The molecule has 0 N–H and O–H groups in total. The van der Waals surface area contributed by atoms with Crippen molar-refractivity contribution in [3.8, 4) is 22.6 Å². The maximum atomic E-state index is 14.7. The fourth-order valence-corrected chi connectivity index (χ4v) is 4.61. The summed E-state index contributed by atoms with van der Waals surface area (Å²) in [5.41, 5.74) is 4.56. The molecule has 0 radical (unpaired) electrons. The van der Waals surface area contributed by atoms with Crippen LogP contribution in [0.5, 0.6) is 11.5 Å². The quantitative estimate of drug-likeness (QED) is 0.465. The maximum absolute atomic E-state index is 14.7. The first-order chi connectivity index (χ1) is 15.1. The third-order valence-electron chi connectivity index (χ3n) is 6.08. The van der Waals surface area contributed by atoms with Gasteiger partial charge in [-0.25, -0.2) is 8.78 Å². The van der Waals surface area contributed by atoms with E-state index in [4.69, 9.17) is 9.47 Å². The molecule has 0 fully saturated rings. The number of aromatic nitrogens is 4. The Balaban J connectivity index is 1.54. The molecule has 0 amide bonds. The minimum absolute atomic E-state index is 0.0633. The second kappa shape index (κ2) is 6.73. The molecular formula is C23H18F2N4O2. The summed E-state index contributed by atoms with van der Waals surface area (Å²) in [6, 6.07) is 6.63. The average molecular weight is 420 g/mol. The SMILES string of the molecule is Cc1cc(-c2cc3c(n4cnnc24)CCc2c(F)ccc4c2[C@H](CO4)CO3)c(F)cn1. The molecule has 6 rings (SSSR count). The van der Waals surface area contributed by atoms with Crippen LogP contribution < -0.4 is 9.47 Å². The summed E-state index contributed by atoms with van der Waals surface area (Å²) in [6.07, 6.45) is 3.80. The van der Waals surface area contributed by atoms with Crippen molar-refractivity contribution in [2.45, 2.75) is 25.7 Å². The van der Waals surface area contributed by atoms with Crippen LogP contribution in [-0.2, 0) is 12.8 Å². The Morgan fingerprint density at radius 2 is 1.84 bits per heavy atom. The smallest absolute Gasteiger partial charge is 0.169 e. The van der Waals surface area contributed by atoms with Crippen molar-refractivity contribution in [2.75, 3.05) is 13.2 Å². The maximum Gasteiger partial charge on any atom is 0.169 e. The number of hydrogen-bond acceptors (Lipinski definition) is 5. The summed E-state index contributed by atoms with van der Waals surface area (Å²) >= 11 is 0. The first-order valence-electron chi connectivity index (χ1n) is 10.1. The molecule has 2 aliphatic rings. The van der Waals surface area contributed by atoms with E-state index in [0.29, 0.717) is 59.8 Å². The number of aryl methyl sites for hydroxylation is 2. The molecular weight excluding hydrogens is 402 g/mol. The largest absolute Gasteiger partial charge is 0.493 e. The highest BCUT2D eigenvalue weighted by Gasteiger charge is 2.31. The molecule has 0 spiro atoms. The van der Waals surface area contributed by atoms with E-state index in [9.17, 15) is 8.78 Å². The fourth-order valence-electron chi connectivity index (χ4n) is 4.61. The zero-order valence-corrected chi connectivity index (χ0v) is 16.7. The number of nitrogens with zero attached hydrogens (tertiary/aromatic N) is 4. The molecule has 2 aliphatic heterocycles. The third kappa shape index (κ3) is 2.78. The highest BCUT2D eigenvalue weighted by atomic mass is 19.1. The van der Waals surface area contributed by atoms with Gasteiger partial charge in [-0.05, 0) is 49.6 Å². The highest BCUT2D eigenvalue weighted by molar-refractivity contribution is 5.79. The molecule has 0 saturated heterocycles. The van der Waals surface area contributed by atoms with E-state index >= 15 is 0 Å². The highest BCUT2D eigenvalue weighted by Crippen LogP contribution is 2.41. The van der Waals surface area contributed by atoms with Crippen molar-refractivity contribution < 1.29 is 18.3 Å². The van der Waals surface area contributed by atoms with Gasteiger partial charge >= 0.3 is 0 Å². The van der Waals surface area contributed by atoms with E-state index in [2.05, 4.69) is 15.2 Å². The Bertz CT molecular complexity index is 1350. The van der Waals surface area contributed by atoms with Gasteiger partial charge in [-0.2, -0.15) is 0 Å². The van der Waals surface area contributed by atoms with Crippen molar-refractivity contribution in [1.82, 2.24) is 19.6 Å². The Morgan fingerprint density at radius 3 is 2.71 bits per heavy atom. The van der Waals surface area contributed by atoms with Gasteiger partial charge in [0.1, 0.15) is 29.5 Å². The molecule has 6 nitrogen and oxygen atoms in total. The predicted molar refractivity (Wildman–Crippen MR) is 108 cm³/mol. The molecule has 1 atom stereocenters. The Hall–Kier alpha value is -3.55. The van der Waals surface area contributed by atoms with Crippen LogP contribution in [0.25, 0.3) is 16.8 Å². The van der Waals surface area contributed by atoms with Gasteiger partial charge < -0.3 is 9.47 Å². The third-order valence-corrected chi connectivity index (χ3v) is 6.08. The van der Waals surface area contributed by atoms with Crippen molar-refractivity contribution in [1.29, 1.82) is 0 Å². The summed E-state index contributed by atoms with van der Waals surface area (Å²) < 4.78 is 43.2.